The first kappa shape index (κ1) is 22.5. The van der Waals surface area contributed by atoms with Crippen molar-refractivity contribution in [3.05, 3.63) is 29.8 Å². The zero-order valence-electron chi connectivity index (χ0n) is 14.8. The van der Waals surface area contributed by atoms with Crippen LogP contribution in [-0.2, 0) is 11.3 Å². The van der Waals surface area contributed by atoms with Crippen molar-refractivity contribution in [1.82, 2.24) is 10.6 Å². The van der Waals surface area contributed by atoms with Gasteiger partial charge in [0, 0.05) is 12.6 Å². The lowest BCUT2D eigenvalue weighted by molar-refractivity contribution is -0.119. The largest absolute Gasteiger partial charge is 0.484 e. The van der Waals surface area contributed by atoms with Crippen LogP contribution in [0.5, 0.6) is 5.75 Å². The molecule has 7 heteroatoms. The fourth-order valence-corrected chi connectivity index (χ4v) is 1.76. The molecule has 0 aliphatic heterocycles. The van der Waals surface area contributed by atoms with Crippen LogP contribution in [0.15, 0.2) is 29.3 Å². The van der Waals surface area contributed by atoms with Gasteiger partial charge in [-0.15, -0.1) is 24.0 Å². The molecule has 1 aromatic carbocycles. The Hall–Kier alpha value is -1.51. The lowest BCUT2D eigenvalue weighted by Crippen LogP contribution is -2.44. The number of carbonyl (C=O) groups is 1. The van der Waals surface area contributed by atoms with Crippen LogP contribution in [0.2, 0.25) is 0 Å². The summed E-state index contributed by atoms with van der Waals surface area (Å²) in [5, 5.41) is 6.63. The maximum absolute atomic E-state index is 10.8. The summed E-state index contributed by atoms with van der Waals surface area (Å²) in [6, 6.07) is 7.83. The van der Waals surface area contributed by atoms with E-state index in [1.54, 1.807) is 6.07 Å². The van der Waals surface area contributed by atoms with Crippen LogP contribution < -0.4 is 21.1 Å². The Balaban J connectivity index is 0.00000529. The van der Waals surface area contributed by atoms with Crippen molar-refractivity contribution in [2.75, 3.05) is 13.2 Å². The predicted molar refractivity (Wildman–Crippen MR) is 109 cm³/mol. The summed E-state index contributed by atoms with van der Waals surface area (Å²) < 4.78 is 5.30. The molecule has 24 heavy (non-hydrogen) atoms. The van der Waals surface area contributed by atoms with Gasteiger partial charge in [-0.05, 0) is 37.5 Å². The molecule has 0 heterocycles. The number of rotatable bonds is 8. The lowest BCUT2D eigenvalue weighted by atomic mass is 10.1. The highest BCUT2D eigenvalue weighted by Crippen LogP contribution is 2.14. The van der Waals surface area contributed by atoms with E-state index in [1.807, 2.05) is 25.1 Å². The van der Waals surface area contributed by atoms with Gasteiger partial charge in [0.15, 0.2) is 12.6 Å². The van der Waals surface area contributed by atoms with Gasteiger partial charge in [-0.25, -0.2) is 4.99 Å². The van der Waals surface area contributed by atoms with E-state index in [2.05, 4.69) is 36.4 Å². The highest BCUT2D eigenvalue weighted by atomic mass is 127. The summed E-state index contributed by atoms with van der Waals surface area (Å²) >= 11 is 0. The Morgan fingerprint density at radius 2 is 2.04 bits per heavy atom. The van der Waals surface area contributed by atoms with Crippen molar-refractivity contribution in [3.8, 4) is 5.75 Å². The molecule has 0 spiro atoms. The number of nitrogens with one attached hydrogen (secondary N) is 2. The highest BCUT2D eigenvalue weighted by Gasteiger charge is 2.08. The van der Waals surface area contributed by atoms with Crippen molar-refractivity contribution in [2.45, 2.75) is 40.3 Å². The maximum atomic E-state index is 10.8. The van der Waals surface area contributed by atoms with Crippen molar-refractivity contribution in [3.63, 3.8) is 0 Å². The molecular formula is C17H29IN4O2. The minimum atomic E-state index is -0.491. The Labute approximate surface area is 161 Å². The molecule has 1 amide bonds. The summed E-state index contributed by atoms with van der Waals surface area (Å²) in [6.45, 7) is 9.71. The van der Waals surface area contributed by atoms with Gasteiger partial charge in [0.2, 0.25) is 0 Å². The van der Waals surface area contributed by atoms with Crippen molar-refractivity contribution in [1.29, 1.82) is 0 Å². The lowest BCUT2D eigenvalue weighted by Gasteiger charge is -2.20. The third-order valence-corrected chi connectivity index (χ3v) is 3.41. The number of nitrogens with zero attached hydrogens (tertiary/aromatic N) is 1. The number of guanidine groups is 1. The second-order valence-corrected chi connectivity index (χ2v) is 5.77. The van der Waals surface area contributed by atoms with Gasteiger partial charge in [0.25, 0.3) is 5.91 Å². The minimum absolute atomic E-state index is 0. The number of ether oxygens (including phenoxy) is 1. The molecule has 1 unspecified atom stereocenters. The molecule has 6 nitrogen and oxygen atoms in total. The number of carbonyl (C=O) groups excluding carboxylic acids is 1. The highest BCUT2D eigenvalue weighted by molar-refractivity contribution is 14.0. The average Bonchev–Trinajstić information content (AvgIpc) is 2.51. The van der Waals surface area contributed by atoms with Crippen LogP contribution >= 0.6 is 24.0 Å². The molecule has 0 bridgehead atoms. The molecule has 0 aliphatic carbocycles. The van der Waals surface area contributed by atoms with Gasteiger partial charge >= 0.3 is 0 Å². The standard InChI is InChI=1S/C17H28N4O2.HI/c1-5-19-17(21-13(4)12(2)3)20-10-14-7-6-8-15(9-14)23-11-16(18)22;/h6-9,12-13H,5,10-11H2,1-4H3,(H2,18,22)(H2,19,20,21);1H. The van der Waals surface area contributed by atoms with E-state index in [0.717, 1.165) is 18.1 Å². The number of primary amides is 1. The second kappa shape index (κ2) is 11.9. The van der Waals surface area contributed by atoms with E-state index in [4.69, 9.17) is 10.5 Å². The fraction of sp³-hybridized carbons (Fsp3) is 0.529. The summed E-state index contributed by atoms with van der Waals surface area (Å²) in [7, 11) is 0. The van der Waals surface area contributed by atoms with E-state index in [0.29, 0.717) is 24.3 Å². The second-order valence-electron chi connectivity index (χ2n) is 5.77. The first-order chi connectivity index (χ1) is 10.9. The van der Waals surface area contributed by atoms with Crippen LogP contribution in [0.25, 0.3) is 0 Å². The zero-order chi connectivity index (χ0) is 17.2. The number of aliphatic imine (C=N–C) groups is 1. The van der Waals surface area contributed by atoms with Crippen molar-refractivity contribution in [2.24, 2.45) is 16.6 Å². The molecule has 0 saturated heterocycles. The normalized spacial score (nSPS) is 12.3. The van der Waals surface area contributed by atoms with Gasteiger partial charge in [0.1, 0.15) is 5.75 Å². The number of hydrogen-bond acceptors (Lipinski definition) is 3. The number of amides is 1. The Kier molecular flexibility index (Phi) is 11.2. The van der Waals surface area contributed by atoms with Gasteiger partial charge in [-0.2, -0.15) is 0 Å². The molecule has 1 rings (SSSR count). The third-order valence-electron chi connectivity index (χ3n) is 3.41. The topological polar surface area (TPSA) is 88.7 Å². The van der Waals surface area contributed by atoms with E-state index < -0.39 is 5.91 Å². The number of halogens is 1. The van der Waals surface area contributed by atoms with Gasteiger partial charge in [-0.3, -0.25) is 4.79 Å². The number of benzene rings is 1. The number of nitrogens with two attached hydrogens (primary N) is 1. The fourth-order valence-electron chi connectivity index (χ4n) is 1.76. The molecule has 0 saturated carbocycles. The van der Waals surface area contributed by atoms with Gasteiger partial charge < -0.3 is 21.1 Å². The summed E-state index contributed by atoms with van der Waals surface area (Å²) in [4.78, 5) is 15.4. The van der Waals surface area contributed by atoms with Crippen LogP contribution in [0.4, 0.5) is 0 Å². The van der Waals surface area contributed by atoms with Crippen LogP contribution in [-0.4, -0.2) is 31.1 Å². The van der Waals surface area contributed by atoms with E-state index in [9.17, 15) is 4.79 Å². The van der Waals surface area contributed by atoms with Gasteiger partial charge in [-0.1, -0.05) is 26.0 Å². The Morgan fingerprint density at radius 3 is 2.62 bits per heavy atom. The number of hydrogen-bond donors (Lipinski definition) is 3. The van der Waals surface area contributed by atoms with Crippen molar-refractivity contribution < 1.29 is 9.53 Å². The first-order valence-corrected chi connectivity index (χ1v) is 7.97. The Bertz CT molecular complexity index is 535. The van der Waals surface area contributed by atoms with Crippen molar-refractivity contribution >= 4 is 35.8 Å². The monoisotopic (exact) mass is 448 g/mol. The first-order valence-electron chi connectivity index (χ1n) is 7.97. The minimum Gasteiger partial charge on any atom is -0.484 e. The molecule has 136 valence electrons. The smallest absolute Gasteiger partial charge is 0.255 e. The zero-order valence-corrected chi connectivity index (χ0v) is 17.2. The average molecular weight is 448 g/mol. The molecule has 0 aromatic heterocycles. The quantitative estimate of drug-likeness (QED) is 0.324. The van der Waals surface area contributed by atoms with E-state index in [-0.39, 0.29) is 30.6 Å². The molecule has 0 fully saturated rings. The van der Waals surface area contributed by atoms with E-state index in [1.165, 1.54) is 0 Å². The molecular weight excluding hydrogens is 419 g/mol. The molecule has 0 radical (unpaired) electrons. The summed E-state index contributed by atoms with van der Waals surface area (Å²) in [6.07, 6.45) is 0. The summed E-state index contributed by atoms with van der Waals surface area (Å²) in [5.74, 6) is 1.43. The van der Waals surface area contributed by atoms with Gasteiger partial charge in [0.05, 0.1) is 6.54 Å². The predicted octanol–water partition coefficient (Wildman–Crippen LogP) is 2.27. The maximum Gasteiger partial charge on any atom is 0.255 e. The SMILES string of the molecule is CCNC(=NCc1cccc(OCC(N)=O)c1)NC(C)C(C)C.I. The van der Waals surface area contributed by atoms with E-state index >= 15 is 0 Å². The molecule has 4 N–H and O–H groups in total. The molecule has 0 aliphatic rings. The summed E-state index contributed by atoms with van der Waals surface area (Å²) in [5.41, 5.74) is 6.08. The van der Waals surface area contributed by atoms with Crippen LogP contribution in [0.3, 0.4) is 0 Å². The third kappa shape index (κ3) is 8.95. The molecule has 1 atom stereocenters. The van der Waals surface area contributed by atoms with Crippen LogP contribution in [0.1, 0.15) is 33.3 Å². The van der Waals surface area contributed by atoms with Crippen LogP contribution in [0, 0.1) is 5.92 Å². The Morgan fingerprint density at radius 1 is 1.33 bits per heavy atom. The molecule has 1 aromatic rings.